The standard InChI is InChI=1S/C22H25FN4O3S/c1-15(2)31(29,30)27-12-17-6-3-5-16(9-17)11-26-22(28)19-13-24-21(25-14-19)18-7-4-8-20(23)10-18/h3-6,8-10,13-15,18,27H,7,11-12H2,1-2H3,(H,26,28). The first-order valence-electron chi connectivity index (χ1n) is 9.95. The Balaban J connectivity index is 1.56. The Kier molecular flexibility index (Phi) is 7.29. The molecule has 0 bridgehead atoms. The van der Waals surface area contributed by atoms with E-state index < -0.39 is 15.3 Å². The molecule has 1 amide bonds. The van der Waals surface area contributed by atoms with Crippen molar-refractivity contribution in [2.75, 3.05) is 0 Å². The average Bonchev–Trinajstić information content (AvgIpc) is 2.76. The molecule has 0 aliphatic heterocycles. The lowest BCUT2D eigenvalue weighted by atomic mass is 9.99. The summed E-state index contributed by atoms with van der Waals surface area (Å²) in [5.74, 6) is -0.422. The highest BCUT2D eigenvalue weighted by Gasteiger charge is 2.16. The zero-order valence-electron chi connectivity index (χ0n) is 17.4. The number of sulfonamides is 1. The van der Waals surface area contributed by atoms with Crippen LogP contribution in [0.5, 0.6) is 0 Å². The lowest BCUT2D eigenvalue weighted by Crippen LogP contribution is -2.30. The zero-order chi connectivity index (χ0) is 22.4. The van der Waals surface area contributed by atoms with Crippen LogP contribution < -0.4 is 10.0 Å². The Bertz CT molecular complexity index is 1100. The van der Waals surface area contributed by atoms with Gasteiger partial charge >= 0.3 is 0 Å². The maximum atomic E-state index is 13.4. The van der Waals surface area contributed by atoms with E-state index in [1.165, 1.54) is 24.5 Å². The molecule has 1 aromatic carbocycles. The third-order valence-electron chi connectivity index (χ3n) is 4.84. The molecule has 0 radical (unpaired) electrons. The van der Waals surface area contributed by atoms with Gasteiger partial charge in [-0.05, 0) is 43.5 Å². The van der Waals surface area contributed by atoms with Gasteiger partial charge in [-0.2, -0.15) is 0 Å². The van der Waals surface area contributed by atoms with E-state index in [2.05, 4.69) is 20.0 Å². The number of amides is 1. The second-order valence-electron chi connectivity index (χ2n) is 7.54. The summed E-state index contributed by atoms with van der Waals surface area (Å²) in [7, 11) is -3.35. The molecule has 0 spiro atoms. The SMILES string of the molecule is CC(C)S(=O)(=O)NCc1cccc(CNC(=O)c2cnc(C3C=C(F)C=CC3)nc2)c1. The summed E-state index contributed by atoms with van der Waals surface area (Å²) >= 11 is 0. The molecule has 1 aliphatic carbocycles. The zero-order valence-corrected chi connectivity index (χ0v) is 18.2. The molecule has 3 rings (SSSR count). The normalized spacial score (nSPS) is 16.3. The van der Waals surface area contributed by atoms with Gasteiger partial charge in [0.1, 0.15) is 11.7 Å². The van der Waals surface area contributed by atoms with Gasteiger partial charge in [0.25, 0.3) is 5.91 Å². The summed E-state index contributed by atoms with van der Waals surface area (Å²) in [6, 6.07) is 7.31. The summed E-state index contributed by atoms with van der Waals surface area (Å²) in [6.07, 6.45) is 8.07. The molecular formula is C22H25FN4O3S. The summed E-state index contributed by atoms with van der Waals surface area (Å²) in [5, 5.41) is 2.29. The van der Waals surface area contributed by atoms with Gasteiger partial charge in [-0.3, -0.25) is 4.79 Å². The van der Waals surface area contributed by atoms with Crippen molar-refractivity contribution in [3.05, 3.63) is 83.2 Å². The topological polar surface area (TPSA) is 101 Å². The minimum atomic E-state index is -3.35. The monoisotopic (exact) mass is 444 g/mol. The molecule has 0 saturated carbocycles. The first-order chi connectivity index (χ1) is 14.7. The second-order valence-corrected chi connectivity index (χ2v) is 9.87. The van der Waals surface area contributed by atoms with Crippen LogP contribution in [-0.2, 0) is 23.1 Å². The van der Waals surface area contributed by atoms with E-state index in [-0.39, 0.29) is 30.7 Å². The second kappa shape index (κ2) is 9.93. The van der Waals surface area contributed by atoms with E-state index in [0.717, 1.165) is 11.1 Å². The molecule has 9 heteroatoms. The van der Waals surface area contributed by atoms with Crippen LogP contribution in [-0.4, -0.2) is 29.5 Å². The van der Waals surface area contributed by atoms with Crippen LogP contribution in [0.25, 0.3) is 0 Å². The lowest BCUT2D eigenvalue weighted by molar-refractivity contribution is 0.0950. The van der Waals surface area contributed by atoms with Crippen molar-refractivity contribution in [3.63, 3.8) is 0 Å². The van der Waals surface area contributed by atoms with Crippen LogP contribution in [0.2, 0.25) is 0 Å². The number of rotatable bonds is 8. The quantitative estimate of drug-likeness (QED) is 0.651. The minimum absolute atomic E-state index is 0.184. The van der Waals surface area contributed by atoms with Crippen LogP contribution in [0.1, 0.15) is 53.5 Å². The number of nitrogens with zero attached hydrogens (tertiary/aromatic N) is 2. The number of aromatic nitrogens is 2. The van der Waals surface area contributed by atoms with Crippen molar-refractivity contribution in [1.29, 1.82) is 0 Å². The van der Waals surface area contributed by atoms with Gasteiger partial charge in [0.15, 0.2) is 0 Å². The van der Waals surface area contributed by atoms with Crippen molar-refractivity contribution in [2.45, 2.75) is 44.5 Å². The molecule has 0 fully saturated rings. The number of benzene rings is 1. The number of hydrogen-bond acceptors (Lipinski definition) is 5. The highest BCUT2D eigenvalue weighted by molar-refractivity contribution is 7.90. The van der Waals surface area contributed by atoms with Crippen LogP contribution in [0.3, 0.4) is 0 Å². The Morgan fingerprint density at radius 1 is 1.19 bits per heavy atom. The van der Waals surface area contributed by atoms with Crippen molar-refractivity contribution < 1.29 is 17.6 Å². The fourth-order valence-electron chi connectivity index (χ4n) is 2.95. The van der Waals surface area contributed by atoms with Crippen LogP contribution in [0.15, 0.2) is 60.7 Å². The molecule has 1 unspecified atom stereocenters. The molecule has 1 atom stereocenters. The third kappa shape index (κ3) is 6.28. The molecule has 0 saturated heterocycles. The smallest absolute Gasteiger partial charge is 0.254 e. The van der Waals surface area contributed by atoms with Gasteiger partial charge < -0.3 is 5.32 Å². The Morgan fingerprint density at radius 3 is 2.52 bits per heavy atom. The largest absolute Gasteiger partial charge is 0.348 e. The molecule has 1 aromatic heterocycles. The molecule has 1 aliphatic rings. The number of carbonyl (C=O) groups excluding carboxylic acids is 1. The van der Waals surface area contributed by atoms with Crippen LogP contribution in [0.4, 0.5) is 4.39 Å². The number of halogens is 1. The number of nitrogens with one attached hydrogen (secondary N) is 2. The van der Waals surface area contributed by atoms with Crippen molar-refractivity contribution >= 4 is 15.9 Å². The Hall–Kier alpha value is -2.91. The molecule has 1 heterocycles. The van der Waals surface area contributed by atoms with E-state index >= 15 is 0 Å². The van der Waals surface area contributed by atoms with Gasteiger partial charge in [0, 0.05) is 31.4 Å². The highest BCUT2D eigenvalue weighted by atomic mass is 32.2. The van der Waals surface area contributed by atoms with Gasteiger partial charge in [-0.1, -0.05) is 30.3 Å². The molecule has 164 valence electrons. The first-order valence-corrected chi connectivity index (χ1v) is 11.5. The summed E-state index contributed by atoms with van der Waals surface area (Å²) in [4.78, 5) is 20.8. The molecule has 2 aromatic rings. The van der Waals surface area contributed by atoms with Crippen LogP contribution >= 0.6 is 0 Å². The van der Waals surface area contributed by atoms with E-state index in [4.69, 9.17) is 0 Å². The molecule has 31 heavy (non-hydrogen) atoms. The van der Waals surface area contributed by atoms with Gasteiger partial charge in [0.2, 0.25) is 10.0 Å². The highest BCUT2D eigenvalue weighted by Crippen LogP contribution is 2.24. The fraction of sp³-hybridized carbons (Fsp3) is 0.318. The van der Waals surface area contributed by atoms with Crippen molar-refractivity contribution in [1.82, 2.24) is 20.0 Å². The van der Waals surface area contributed by atoms with E-state index in [1.54, 1.807) is 19.9 Å². The summed E-state index contributed by atoms with van der Waals surface area (Å²) < 4.78 is 39.7. The maximum Gasteiger partial charge on any atom is 0.254 e. The first kappa shape index (κ1) is 22.8. The maximum absolute atomic E-state index is 13.4. The lowest BCUT2D eigenvalue weighted by Gasteiger charge is -2.12. The Labute approximate surface area is 181 Å². The summed E-state index contributed by atoms with van der Waals surface area (Å²) in [6.45, 7) is 3.69. The average molecular weight is 445 g/mol. The van der Waals surface area contributed by atoms with Gasteiger partial charge in [-0.25, -0.2) is 27.5 Å². The van der Waals surface area contributed by atoms with E-state index in [1.807, 2.05) is 24.3 Å². The van der Waals surface area contributed by atoms with Crippen LogP contribution in [0, 0.1) is 0 Å². The minimum Gasteiger partial charge on any atom is -0.348 e. The van der Waals surface area contributed by atoms with E-state index in [9.17, 15) is 17.6 Å². The summed E-state index contributed by atoms with van der Waals surface area (Å²) in [5.41, 5.74) is 1.94. The Morgan fingerprint density at radius 2 is 1.87 bits per heavy atom. The molecule has 7 nitrogen and oxygen atoms in total. The van der Waals surface area contributed by atoms with Gasteiger partial charge in [-0.15, -0.1) is 0 Å². The number of allylic oxidation sites excluding steroid dienone is 4. The third-order valence-corrected chi connectivity index (χ3v) is 6.62. The fourth-order valence-corrected chi connectivity index (χ4v) is 3.66. The van der Waals surface area contributed by atoms with Crippen molar-refractivity contribution in [3.8, 4) is 0 Å². The van der Waals surface area contributed by atoms with Gasteiger partial charge in [0.05, 0.1) is 10.8 Å². The predicted molar refractivity (Wildman–Crippen MR) is 116 cm³/mol. The number of hydrogen-bond donors (Lipinski definition) is 2. The van der Waals surface area contributed by atoms with Crippen molar-refractivity contribution in [2.24, 2.45) is 0 Å². The van der Waals surface area contributed by atoms with E-state index in [0.29, 0.717) is 17.8 Å². The number of carbonyl (C=O) groups is 1. The molecule has 2 N–H and O–H groups in total. The predicted octanol–water partition coefficient (Wildman–Crippen LogP) is 3.13. The molecular weight excluding hydrogens is 419 g/mol.